The third kappa shape index (κ3) is 3.62. The third-order valence-corrected chi connectivity index (χ3v) is 3.85. The average Bonchev–Trinajstić information content (AvgIpc) is 3.02. The van der Waals surface area contributed by atoms with Gasteiger partial charge in [-0.3, -0.25) is 4.79 Å². The number of hydrogen-bond donors (Lipinski definition) is 1. The quantitative estimate of drug-likeness (QED) is 0.764. The second-order valence-corrected chi connectivity index (χ2v) is 5.95. The minimum absolute atomic E-state index is 0.170. The normalized spacial score (nSPS) is 10.5. The van der Waals surface area contributed by atoms with Crippen molar-refractivity contribution in [1.82, 2.24) is 25.5 Å². The van der Waals surface area contributed by atoms with Crippen LogP contribution >= 0.6 is 15.9 Å². The lowest BCUT2D eigenvalue weighted by Crippen LogP contribution is -2.24. The minimum atomic E-state index is -0.170. The lowest BCUT2D eigenvalue weighted by molar-refractivity contribution is 0.0949. The van der Waals surface area contributed by atoms with Gasteiger partial charge in [0.2, 0.25) is 0 Å². The van der Waals surface area contributed by atoms with Gasteiger partial charge in [-0.1, -0.05) is 33.6 Å². The highest BCUT2D eigenvalue weighted by Crippen LogP contribution is 2.11. The maximum atomic E-state index is 12.1. The summed E-state index contributed by atoms with van der Waals surface area (Å²) in [7, 11) is 0. The van der Waals surface area contributed by atoms with E-state index < -0.39 is 0 Å². The molecule has 0 fully saturated rings. The van der Waals surface area contributed by atoms with Gasteiger partial charge in [0.25, 0.3) is 5.91 Å². The van der Waals surface area contributed by atoms with E-state index in [1.54, 1.807) is 16.8 Å². The van der Waals surface area contributed by atoms with Crippen LogP contribution in [0.5, 0.6) is 0 Å². The standard InChI is InChI=1S/C16H14BrN5O/c1-11-2-8-14(9-3-11)22-15(19-20-21-22)10-18-16(23)12-4-6-13(17)7-5-12/h2-9H,10H2,1H3,(H,18,23). The zero-order valence-corrected chi connectivity index (χ0v) is 14.0. The Bertz CT molecular complexity index is 811. The lowest BCUT2D eigenvalue weighted by Gasteiger charge is -2.07. The highest BCUT2D eigenvalue weighted by molar-refractivity contribution is 9.10. The van der Waals surface area contributed by atoms with E-state index in [0.29, 0.717) is 11.4 Å². The summed E-state index contributed by atoms with van der Waals surface area (Å²) < 4.78 is 2.54. The van der Waals surface area contributed by atoms with E-state index >= 15 is 0 Å². The van der Waals surface area contributed by atoms with Crippen molar-refractivity contribution >= 4 is 21.8 Å². The first kappa shape index (κ1) is 15.4. The Morgan fingerprint density at radius 2 is 1.83 bits per heavy atom. The summed E-state index contributed by atoms with van der Waals surface area (Å²) in [6, 6.07) is 15.0. The highest BCUT2D eigenvalue weighted by atomic mass is 79.9. The Morgan fingerprint density at radius 3 is 2.52 bits per heavy atom. The van der Waals surface area contributed by atoms with Crippen molar-refractivity contribution in [1.29, 1.82) is 0 Å². The van der Waals surface area contributed by atoms with Crippen LogP contribution in [-0.4, -0.2) is 26.1 Å². The van der Waals surface area contributed by atoms with E-state index in [1.807, 2.05) is 43.3 Å². The maximum absolute atomic E-state index is 12.1. The number of tetrazole rings is 1. The monoisotopic (exact) mass is 371 g/mol. The molecule has 1 N–H and O–H groups in total. The summed E-state index contributed by atoms with van der Waals surface area (Å²) >= 11 is 3.34. The second kappa shape index (κ2) is 6.70. The van der Waals surface area contributed by atoms with Crippen molar-refractivity contribution < 1.29 is 4.79 Å². The molecule has 6 nitrogen and oxygen atoms in total. The van der Waals surface area contributed by atoms with Crippen LogP contribution in [0.2, 0.25) is 0 Å². The van der Waals surface area contributed by atoms with Crippen molar-refractivity contribution in [3.8, 4) is 5.69 Å². The van der Waals surface area contributed by atoms with Crippen molar-refractivity contribution in [3.05, 3.63) is 70.0 Å². The smallest absolute Gasteiger partial charge is 0.251 e. The summed E-state index contributed by atoms with van der Waals surface area (Å²) in [5.41, 5.74) is 2.60. The summed E-state index contributed by atoms with van der Waals surface area (Å²) in [5, 5.41) is 14.5. The molecule has 116 valence electrons. The molecule has 0 aliphatic carbocycles. The van der Waals surface area contributed by atoms with Crippen LogP contribution < -0.4 is 5.32 Å². The molecular weight excluding hydrogens is 358 g/mol. The van der Waals surface area contributed by atoms with Gasteiger partial charge in [0, 0.05) is 10.0 Å². The summed E-state index contributed by atoms with van der Waals surface area (Å²) in [5.74, 6) is 0.398. The third-order valence-electron chi connectivity index (χ3n) is 3.33. The molecule has 0 spiro atoms. The van der Waals surface area contributed by atoms with Gasteiger partial charge in [0.15, 0.2) is 5.82 Å². The number of halogens is 1. The molecule has 0 aliphatic rings. The van der Waals surface area contributed by atoms with E-state index in [1.165, 1.54) is 0 Å². The largest absolute Gasteiger partial charge is 0.345 e. The second-order valence-electron chi connectivity index (χ2n) is 5.03. The van der Waals surface area contributed by atoms with Gasteiger partial charge in [0.1, 0.15) is 0 Å². The van der Waals surface area contributed by atoms with Crippen LogP contribution in [0.4, 0.5) is 0 Å². The van der Waals surface area contributed by atoms with Crippen molar-refractivity contribution in [2.45, 2.75) is 13.5 Å². The van der Waals surface area contributed by atoms with Crippen LogP contribution in [0.25, 0.3) is 5.69 Å². The van der Waals surface area contributed by atoms with Gasteiger partial charge in [-0.25, -0.2) is 0 Å². The average molecular weight is 372 g/mol. The van der Waals surface area contributed by atoms with Gasteiger partial charge in [-0.05, 0) is 53.7 Å². The number of amides is 1. The summed E-state index contributed by atoms with van der Waals surface area (Å²) in [6.07, 6.45) is 0. The molecule has 1 amide bonds. The van der Waals surface area contributed by atoms with Gasteiger partial charge >= 0.3 is 0 Å². The zero-order chi connectivity index (χ0) is 16.2. The number of benzene rings is 2. The number of hydrogen-bond acceptors (Lipinski definition) is 4. The number of carbonyl (C=O) groups excluding carboxylic acids is 1. The number of nitrogens with one attached hydrogen (secondary N) is 1. The molecule has 0 aliphatic heterocycles. The Morgan fingerprint density at radius 1 is 1.13 bits per heavy atom. The van der Waals surface area contributed by atoms with Gasteiger partial charge in [0.05, 0.1) is 12.2 Å². The van der Waals surface area contributed by atoms with Gasteiger partial charge in [-0.2, -0.15) is 4.68 Å². The summed E-state index contributed by atoms with van der Waals surface area (Å²) in [4.78, 5) is 12.1. The molecular formula is C16H14BrN5O. The van der Waals surface area contributed by atoms with Crippen LogP contribution in [0.15, 0.2) is 53.0 Å². The predicted molar refractivity (Wildman–Crippen MR) is 89.2 cm³/mol. The molecule has 0 saturated carbocycles. The van der Waals surface area contributed by atoms with Crippen molar-refractivity contribution in [2.24, 2.45) is 0 Å². The fourth-order valence-electron chi connectivity index (χ4n) is 2.07. The predicted octanol–water partition coefficient (Wildman–Crippen LogP) is 2.66. The topological polar surface area (TPSA) is 72.7 Å². The molecule has 2 aromatic carbocycles. The lowest BCUT2D eigenvalue weighted by atomic mass is 10.2. The van der Waals surface area contributed by atoms with Crippen LogP contribution in [0.1, 0.15) is 21.7 Å². The van der Waals surface area contributed by atoms with Crippen molar-refractivity contribution in [3.63, 3.8) is 0 Å². The Hall–Kier alpha value is -2.54. The minimum Gasteiger partial charge on any atom is -0.345 e. The number of aryl methyl sites for hydroxylation is 1. The molecule has 1 heterocycles. The van der Waals surface area contributed by atoms with Gasteiger partial charge in [-0.15, -0.1) is 5.10 Å². The van der Waals surface area contributed by atoms with E-state index in [4.69, 9.17) is 0 Å². The Kier molecular flexibility index (Phi) is 4.47. The highest BCUT2D eigenvalue weighted by Gasteiger charge is 2.11. The SMILES string of the molecule is Cc1ccc(-n2nnnc2CNC(=O)c2ccc(Br)cc2)cc1. The van der Waals surface area contributed by atoms with Crippen LogP contribution in [0, 0.1) is 6.92 Å². The molecule has 0 bridgehead atoms. The molecule has 0 radical (unpaired) electrons. The molecule has 23 heavy (non-hydrogen) atoms. The Balaban J connectivity index is 1.72. The van der Waals surface area contributed by atoms with E-state index in [9.17, 15) is 4.79 Å². The number of nitrogens with zero attached hydrogens (tertiary/aromatic N) is 4. The fraction of sp³-hybridized carbons (Fsp3) is 0.125. The number of rotatable bonds is 4. The van der Waals surface area contributed by atoms with Crippen LogP contribution in [-0.2, 0) is 6.54 Å². The molecule has 0 atom stereocenters. The molecule has 0 unspecified atom stereocenters. The van der Waals surface area contributed by atoms with E-state index in [0.717, 1.165) is 15.7 Å². The first-order chi connectivity index (χ1) is 11.1. The molecule has 1 aromatic heterocycles. The molecule has 3 aromatic rings. The van der Waals surface area contributed by atoms with E-state index in [-0.39, 0.29) is 12.5 Å². The number of aromatic nitrogens is 4. The van der Waals surface area contributed by atoms with Crippen LogP contribution in [0.3, 0.4) is 0 Å². The zero-order valence-electron chi connectivity index (χ0n) is 12.4. The first-order valence-corrected chi connectivity index (χ1v) is 7.81. The molecule has 3 rings (SSSR count). The molecule has 0 saturated heterocycles. The fourth-order valence-corrected chi connectivity index (χ4v) is 2.33. The first-order valence-electron chi connectivity index (χ1n) is 7.01. The van der Waals surface area contributed by atoms with E-state index in [2.05, 4.69) is 36.8 Å². The summed E-state index contributed by atoms with van der Waals surface area (Å²) in [6.45, 7) is 2.26. The molecule has 7 heteroatoms. The van der Waals surface area contributed by atoms with Gasteiger partial charge < -0.3 is 5.32 Å². The van der Waals surface area contributed by atoms with Crippen molar-refractivity contribution in [2.75, 3.05) is 0 Å². The Labute approximate surface area is 141 Å². The number of carbonyl (C=O) groups is 1. The maximum Gasteiger partial charge on any atom is 0.251 e.